The van der Waals surface area contributed by atoms with E-state index in [9.17, 15) is 9.90 Å². The first-order valence-corrected chi connectivity index (χ1v) is 8.56. The molecule has 1 fully saturated rings. The van der Waals surface area contributed by atoms with E-state index in [0.29, 0.717) is 17.6 Å². The highest BCUT2D eigenvalue weighted by atomic mass is 16.3. The van der Waals surface area contributed by atoms with Crippen molar-refractivity contribution in [2.45, 2.75) is 6.10 Å². The molecular weight excluding hydrogens is 300 g/mol. The average Bonchev–Trinajstić information content (AvgIpc) is 2.64. The van der Waals surface area contributed by atoms with Crippen LogP contribution in [0.4, 0.5) is 0 Å². The predicted molar refractivity (Wildman–Crippen MR) is 94.8 cm³/mol. The first-order chi connectivity index (χ1) is 11.7. The molecule has 0 bridgehead atoms. The highest BCUT2D eigenvalue weighted by Gasteiger charge is 2.35. The average molecular weight is 325 g/mol. The maximum absolute atomic E-state index is 12.7. The number of rotatable bonds is 6. The first kappa shape index (κ1) is 16.8. The van der Waals surface area contributed by atoms with Gasteiger partial charge in [-0.15, -0.1) is 0 Å². The number of ketones is 1. The van der Waals surface area contributed by atoms with Crippen molar-refractivity contribution in [1.82, 2.24) is 5.32 Å². The molecule has 4 nitrogen and oxygen atoms in total. The zero-order chi connectivity index (χ0) is 16.8. The number of hydrogen-bond donors (Lipinski definition) is 2. The third-order valence-corrected chi connectivity index (χ3v) is 4.85. The Labute approximate surface area is 143 Å². The number of quaternary nitrogens is 1. The van der Waals surface area contributed by atoms with Gasteiger partial charge in [0.15, 0.2) is 0 Å². The van der Waals surface area contributed by atoms with E-state index < -0.39 is 6.10 Å². The van der Waals surface area contributed by atoms with Gasteiger partial charge in [-0.1, -0.05) is 60.7 Å². The van der Waals surface area contributed by atoms with Gasteiger partial charge in [0, 0.05) is 18.7 Å². The third-order valence-electron chi connectivity index (χ3n) is 4.85. The molecule has 0 saturated carbocycles. The lowest BCUT2D eigenvalue weighted by atomic mass is 10.0. The topological polar surface area (TPSA) is 49.3 Å². The molecule has 0 aromatic heterocycles. The Balaban J connectivity index is 1.76. The number of Topliss-reactive ketones (excluding diaryl/α,β-unsaturated/α-hetero) is 1. The normalized spacial score (nSPS) is 18.0. The van der Waals surface area contributed by atoms with Gasteiger partial charge in [0.05, 0.1) is 13.1 Å². The molecule has 2 aromatic carbocycles. The van der Waals surface area contributed by atoms with Crippen molar-refractivity contribution >= 4 is 5.78 Å². The smallest absolute Gasteiger partial charge is 0.216 e. The van der Waals surface area contributed by atoms with E-state index in [1.54, 1.807) is 0 Å². The maximum atomic E-state index is 12.7. The van der Waals surface area contributed by atoms with E-state index in [0.717, 1.165) is 37.3 Å². The lowest BCUT2D eigenvalue weighted by Gasteiger charge is -2.42. The van der Waals surface area contributed by atoms with E-state index in [2.05, 4.69) is 5.32 Å². The maximum Gasteiger partial charge on any atom is 0.216 e. The molecule has 1 aliphatic heterocycles. The van der Waals surface area contributed by atoms with Crippen LogP contribution < -0.4 is 5.32 Å². The van der Waals surface area contributed by atoms with Crippen LogP contribution in [0.25, 0.3) is 0 Å². The molecule has 0 aliphatic carbocycles. The second-order valence-corrected chi connectivity index (χ2v) is 6.60. The van der Waals surface area contributed by atoms with Crippen molar-refractivity contribution in [2.75, 3.05) is 39.3 Å². The Hall–Kier alpha value is -2.01. The minimum Gasteiger partial charge on any atom is -0.382 e. The minimum absolute atomic E-state index is 0.151. The molecular formula is C20H25N2O2+. The summed E-state index contributed by atoms with van der Waals surface area (Å²) in [6.07, 6.45) is -0.548. The van der Waals surface area contributed by atoms with Crippen LogP contribution in [0.3, 0.4) is 0 Å². The van der Waals surface area contributed by atoms with E-state index in [1.807, 2.05) is 60.7 Å². The molecule has 0 amide bonds. The molecule has 0 radical (unpaired) electrons. The molecule has 1 heterocycles. The highest BCUT2D eigenvalue weighted by molar-refractivity contribution is 5.96. The van der Waals surface area contributed by atoms with E-state index >= 15 is 0 Å². The largest absolute Gasteiger partial charge is 0.382 e. The van der Waals surface area contributed by atoms with Crippen LogP contribution in [-0.2, 0) is 0 Å². The number of nitrogens with zero attached hydrogens (tertiary/aromatic N) is 1. The van der Waals surface area contributed by atoms with Crippen LogP contribution in [0, 0.1) is 0 Å². The molecule has 3 rings (SSSR count). The van der Waals surface area contributed by atoms with Crippen molar-refractivity contribution in [1.29, 1.82) is 0 Å². The molecule has 1 aliphatic rings. The number of piperazine rings is 1. The number of aliphatic hydroxyl groups is 1. The van der Waals surface area contributed by atoms with Gasteiger partial charge in [0.2, 0.25) is 5.78 Å². The summed E-state index contributed by atoms with van der Waals surface area (Å²) in [6, 6.07) is 19.2. The molecule has 126 valence electrons. The van der Waals surface area contributed by atoms with Crippen molar-refractivity contribution in [3.63, 3.8) is 0 Å². The van der Waals surface area contributed by atoms with Crippen LogP contribution in [0.1, 0.15) is 22.0 Å². The first-order valence-electron chi connectivity index (χ1n) is 8.56. The van der Waals surface area contributed by atoms with Crippen molar-refractivity contribution in [2.24, 2.45) is 0 Å². The molecule has 2 aromatic rings. The Morgan fingerprint density at radius 1 is 1.00 bits per heavy atom. The Morgan fingerprint density at radius 2 is 1.58 bits per heavy atom. The van der Waals surface area contributed by atoms with Crippen LogP contribution in [0.5, 0.6) is 0 Å². The number of benzene rings is 2. The summed E-state index contributed by atoms with van der Waals surface area (Å²) in [5.74, 6) is 0.151. The number of nitrogens with one attached hydrogen (secondary N) is 1. The summed E-state index contributed by atoms with van der Waals surface area (Å²) in [6.45, 7) is 4.50. The van der Waals surface area contributed by atoms with Crippen molar-refractivity contribution in [3.05, 3.63) is 71.8 Å². The van der Waals surface area contributed by atoms with Crippen LogP contribution >= 0.6 is 0 Å². The summed E-state index contributed by atoms with van der Waals surface area (Å²) < 4.78 is 0.636. The summed E-state index contributed by atoms with van der Waals surface area (Å²) in [5.41, 5.74) is 1.67. The summed E-state index contributed by atoms with van der Waals surface area (Å²) >= 11 is 0. The lowest BCUT2D eigenvalue weighted by Crippen LogP contribution is -2.61. The number of hydrogen-bond acceptors (Lipinski definition) is 3. The van der Waals surface area contributed by atoms with Gasteiger partial charge in [-0.2, -0.15) is 0 Å². The molecule has 1 unspecified atom stereocenters. The molecule has 1 saturated heterocycles. The van der Waals surface area contributed by atoms with Crippen LogP contribution in [-0.4, -0.2) is 54.6 Å². The fourth-order valence-electron chi connectivity index (χ4n) is 3.44. The Kier molecular flexibility index (Phi) is 5.41. The second kappa shape index (κ2) is 7.71. The van der Waals surface area contributed by atoms with Gasteiger partial charge >= 0.3 is 0 Å². The monoisotopic (exact) mass is 325 g/mol. The van der Waals surface area contributed by atoms with Crippen LogP contribution in [0.15, 0.2) is 60.7 Å². The molecule has 0 spiro atoms. The number of carbonyl (C=O) groups is 1. The van der Waals surface area contributed by atoms with Gasteiger partial charge < -0.3 is 14.9 Å². The van der Waals surface area contributed by atoms with Crippen LogP contribution in [0.2, 0.25) is 0 Å². The second-order valence-electron chi connectivity index (χ2n) is 6.60. The van der Waals surface area contributed by atoms with Gasteiger partial charge in [0.1, 0.15) is 19.2 Å². The Bertz CT molecular complexity index is 652. The lowest BCUT2D eigenvalue weighted by molar-refractivity contribution is -0.925. The summed E-state index contributed by atoms with van der Waals surface area (Å²) in [7, 11) is 0. The fourth-order valence-corrected chi connectivity index (χ4v) is 3.44. The standard InChI is InChI=1S/C20H25N2O2/c23-19(17-7-3-1-4-8-17)15-22(13-11-21-12-14-22)16-20(24)18-9-5-2-6-10-18/h1-10,19,21,23H,11-16H2/q+1. The SMILES string of the molecule is O=C(C[N+]1(CC(O)c2ccccc2)CCNCC1)c1ccccc1. The zero-order valence-corrected chi connectivity index (χ0v) is 13.9. The molecule has 24 heavy (non-hydrogen) atoms. The van der Waals surface area contributed by atoms with E-state index in [4.69, 9.17) is 0 Å². The van der Waals surface area contributed by atoms with E-state index in [1.165, 1.54) is 0 Å². The molecule has 1 atom stereocenters. The van der Waals surface area contributed by atoms with Gasteiger partial charge in [-0.25, -0.2) is 0 Å². The molecule has 4 heteroatoms. The quantitative estimate of drug-likeness (QED) is 0.631. The van der Waals surface area contributed by atoms with Gasteiger partial charge in [0.25, 0.3) is 0 Å². The van der Waals surface area contributed by atoms with Crippen molar-refractivity contribution < 1.29 is 14.4 Å². The van der Waals surface area contributed by atoms with Crippen molar-refractivity contribution in [3.8, 4) is 0 Å². The predicted octanol–water partition coefficient (Wildman–Crippen LogP) is 2.02. The fraction of sp³-hybridized carbons (Fsp3) is 0.350. The zero-order valence-electron chi connectivity index (χ0n) is 13.9. The van der Waals surface area contributed by atoms with E-state index in [-0.39, 0.29) is 5.78 Å². The molecule has 2 N–H and O–H groups in total. The minimum atomic E-state index is -0.548. The number of aliphatic hydroxyl groups excluding tert-OH is 1. The van der Waals surface area contributed by atoms with Gasteiger partial charge in [-0.05, 0) is 5.56 Å². The summed E-state index contributed by atoms with van der Waals surface area (Å²) in [5, 5.41) is 14.0. The van der Waals surface area contributed by atoms with Gasteiger partial charge in [-0.3, -0.25) is 4.79 Å². The highest BCUT2D eigenvalue weighted by Crippen LogP contribution is 2.21. The number of carbonyl (C=O) groups excluding carboxylic acids is 1. The Morgan fingerprint density at radius 3 is 2.21 bits per heavy atom. The summed E-state index contributed by atoms with van der Waals surface area (Å²) in [4.78, 5) is 12.7. The third kappa shape index (κ3) is 4.09.